The van der Waals surface area contributed by atoms with Gasteiger partial charge in [0.05, 0.1) is 10.2 Å². The molecular formula is C21H15FN2O2S. The summed E-state index contributed by atoms with van der Waals surface area (Å²) in [5.74, 6) is 0.197. The lowest BCUT2D eigenvalue weighted by Gasteiger charge is -2.06. The monoisotopic (exact) mass is 378 g/mol. The van der Waals surface area contributed by atoms with Gasteiger partial charge in [0.2, 0.25) is 0 Å². The molecule has 27 heavy (non-hydrogen) atoms. The maximum atomic E-state index is 13.9. The van der Waals surface area contributed by atoms with Crippen LogP contribution in [0.4, 0.5) is 4.39 Å². The Morgan fingerprint density at radius 3 is 2.59 bits per heavy atom. The molecule has 0 saturated carbocycles. The van der Waals surface area contributed by atoms with Gasteiger partial charge in [-0.05, 0) is 35.9 Å². The second kappa shape index (κ2) is 7.17. The van der Waals surface area contributed by atoms with Crippen molar-refractivity contribution >= 4 is 27.5 Å². The van der Waals surface area contributed by atoms with Crippen LogP contribution in [-0.2, 0) is 0 Å². The molecule has 4 nitrogen and oxygen atoms in total. The third kappa shape index (κ3) is 3.39. The predicted octanol–water partition coefficient (Wildman–Crippen LogP) is 5.25. The van der Waals surface area contributed by atoms with Gasteiger partial charge in [-0.15, -0.1) is 11.3 Å². The van der Waals surface area contributed by atoms with Crippen LogP contribution in [0.25, 0.3) is 20.7 Å². The minimum atomic E-state index is -0.413. The highest BCUT2D eigenvalue weighted by Gasteiger charge is 2.13. The van der Waals surface area contributed by atoms with E-state index in [1.54, 1.807) is 49.6 Å². The molecule has 2 heterocycles. The predicted molar refractivity (Wildman–Crippen MR) is 105 cm³/mol. The fourth-order valence-electron chi connectivity index (χ4n) is 2.71. The fourth-order valence-corrected chi connectivity index (χ4v) is 3.78. The third-order valence-electron chi connectivity index (χ3n) is 4.09. The van der Waals surface area contributed by atoms with Crippen molar-refractivity contribution in [2.45, 2.75) is 0 Å². The Kier molecular flexibility index (Phi) is 4.56. The summed E-state index contributed by atoms with van der Waals surface area (Å²) >= 11 is 1.51. The number of hydrogen-bond acceptors (Lipinski definition) is 4. The molecule has 1 N–H and O–H groups in total. The molecular weight excluding hydrogens is 363 g/mol. The van der Waals surface area contributed by atoms with Gasteiger partial charge in [-0.2, -0.15) is 0 Å². The van der Waals surface area contributed by atoms with Crippen LogP contribution in [0.1, 0.15) is 10.4 Å². The number of amides is 1. The molecule has 6 heteroatoms. The molecule has 4 aromatic rings. The van der Waals surface area contributed by atoms with Gasteiger partial charge in [0.1, 0.15) is 5.75 Å². The first kappa shape index (κ1) is 17.2. The lowest BCUT2D eigenvalue weighted by Crippen LogP contribution is -2.17. The van der Waals surface area contributed by atoms with Crippen molar-refractivity contribution in [3.63, 3.8) is 0 Å². The quantitative estimate of drug-likeness (QED) is 0.527. The van der Waals surface area contributed by atoms with Crippen molar-refractivity contribution in [2.24, 2.45) is 0 Å². The first-order valence-electron chi connectivity index (χ1n) is 8.29. The average Bonchev–Trinajstić information content (AvgIpc) is 3.14. The van der Waals surface area contributed by atoms with Crippen LogP contribution < -0.4 is 10.1 Å². The number of carbonyl (C=O) groups is 1. The van der Waals surface area contributed by atoms with E-state index in [4.69, 9.17) is 4.74 Å². The Balaban J connectivity index is 1.70. The standard InChI is InChI=1S/C21H15FN2O2S/c1-23-21(25)14-8-6-13(7-9-14)19-12-16-20(27-19)18(10-11-24-16)26-17-5-3-2-4-15(17)22/h2-12H,1H3,(H,23,25). The van der Waals surface area contributed by atoms with E-state index in [0.29, 0.717) is 11.3 Å². The van der Waals surface area contributed by atoms with Crippen molar-refractivity contribution in [2.75, 3.05) is 7.05 Å². The van der Waals surface area contributed by atoms with Crippen LogP contribution in [0.2, 0.25) is 0 Å². The summed E-state index contributed by atoms with van der Waals surface area (Å²) in [7, 11) is 1.60. The lowest BCUT2D eigenvalue weighted by molar-refractivity contribution is 0.0963. The zero-order valence-corrected chi connectivity index (χ0v) is 15.2. The summed E-state index contributed by atoms with van der Waals surface area (Å²) < 4.78 is 20.5. The van der Waals surface area contributed by atoms with Crippen molar-refractivity contribution < 1.29 is 13.9 Å². The summed E-state index contributed by atoms with van der Waals surface area (Å²) in [6, 6.07) is 17.3. The van der Waals surface area contributed by atoms with Crippen LogP contribution in [0.15, 0.2) is 66.9 Å². The van der Waals surface area contributed by atoms with Crippen LogP contribution in [0, 0.1) is 5.82 Å². The van der Waals surface area contributed by atoms with Crippen molar-refractivity contribution in [3.05, 3.63) is 78.2 Å². The van der Waals surface area contributed by atoms with E-state index >= 15 is 0 Å². The number of ether oxygens (including phenoxy) is 1. The number of fused-ring (bicyclic) bond motifs is 1. The number of rotatable bonds is 4. The smallest absolute Gasteiger partial charge is 0.251 e. The minimum Gasteiger partial charge on any atom is -0.453 e. The number of hydrogen-bond donors (Lipinski definition) is 1. The Morgan fingerprint density at radius 1 is 1.07 bits per heavy atom. The molecule has 0 radical (unpaired) electrons. The number of thiophene rings is 1. The van der Waals surface area contributed by atoms with Gasteiger partial charge < -0.3 is 10.1 Å². The summed E-state index contributed by atoms with van der Waals surface area (Å²) in [5, 5.41) is 2.60. The summed E-state index contributed by atoms with van der Waals surface area (Å²) in [6.07, 6.45) is 1.64. The van der Waals surface area contributed by atoms with E-state index in [1.807, 2.05) is 18.2 Å². The van der Waals surface area contributed by atoms with E-state index in [2.05, 4.69) is 10.3 Å². The fraction of sp³-hybridized carbons (Fsp3) is 0.0476. The molecule has 0 aliphatic carbocycles. The highest BCUT2D eigenvalue weighted by molar-refractivity contribution is 7.22. The maximum absolute atomic E-state index is 13.9. The lowest BCUT2D eigenvalue weighted by atomic mass is 10.1. The number of nitrogens with one attached hydrogen (secondary N) is 1. The number of benzene rings is 2. The van der Waals surface area contributed by atoms with Gasteiger partial charge in [-0.25, -0.2) is 4.39 Å². The molecule has 0 unspecified atom stereocenters. The van der Waals surface area contributed by atoms with Gasteiger partial charge in [0, 0.05) is 29.8 Å². The molecule has 4 rings (SSSR count). The van der Waals surface area contributed by atoms with E-state index < -0.39 is 5.82 Å². The zero-order chi connectivity index (χ0) is 18.8. The molecule has 2 aromatic heterocycles. The molecule has 0 aliphatic rings. The number of carbonyl (C=O) groups excluding carboxylic acids is 1. The largest absolute Gasteiger partial charge is 0.453 e. The zero-order valence-electron chi connectivity index (χ0n) is 14.4. The van der Waals surface area contributed by atoms with Crippen molar-refractivity contribution in [3.8, 4) is 21.9 Å². The molecule has 1 amide bonds. The number of nitrogens with zero attached hydrogens (tertiary/aromatic N) is 1. The van der Waals surface area contributed by atoms with E-state index in [-0.39, 0.29) is 11.7 Å². The number of halogens is 1. The first-order valence-corrected chi connectivity index (χ1v) is 9.11. The Hall–Kier alpha value is -3.25. The molecule has 0 bridgehead atoms. The van der Waals surface area contributed by atoms with Gasteiger partial charge in [-0.1, -0.05) is 24.3 Å². The Labute approximate surface area is 159 Å². The molecule has 0 aliphatic heterocycles. The summed E-state index contributed by atoms with van der Waals surface area (Å²) in [6.45, 7) is 0. The van der Waals surface area contributed by atoms with E-state index in [9.17, 15) is 9.18 Å². The average molecular weight is 378 g/mol. The van der Waals surface area contributed by atoms with Crippen molar-refractivity contribution in [1.82, 2.24) is 10.3 Å². The first-order chi connectivity index (χ1) is 13.2. The second-order valence-corrected chi connectivity index (χ2v) is 6.88. The van der Waals surface area contributed by atoms with Gasteiger partial charge in [-0.3, -0.25) is 9.78 Å². The van der Waals surface area contributed by atoms with E-state index in [0.717, 1.165) is 20.7 Å². The van der Waals surface area contributed by atoms with Crippen molar-refractivity contribution in [1.29, 1.82) is 0 Å². The number of pyridine rings is 1. The van der Waals surface area contributed by atoms with Gasteiger partial charge in [0.25, 0.3) is 5.91 Å². The Bertz CT molecular complexity index is 1120. The van der Waals surface area contributed by atoms with Crippen LogP contribution in [0.3, 0.4) is 0 Å². The minimum absolute atomic E-state index is 0.125. The molecule has 134 valence electrons. The normalized spacial score (nSPS) is 10.7. The second-order valence-electron chi connectivity index (χ2n) is 5.82. The third-order valence-corrected chi connectivity index (χ3v) is 5.28. The number of aromatic nitrogens is 1. The molecule has 0 saturated heterocycles. The molecule has 0 atom stereocenters. The van der Waals surface area contributed by atoms with Gasteiger partial charge >= 0.3 is 0 Å². The SMILES string of the molecule is CNC(=O)c1ccc(-c2cc3nccc(Oc4ccccc4F)c3s2)cc1. The topological polar surface area (TPSA) is 51.2 Å². The molecule has 0 spiro atoms. The summed E-state index contributed by atoms with van der Waals surface area (Å²) in [4.78, 5) is 17.1. The van der Waals surface area contributed by atoms with Gasteiger partial charge in [0.15, 0.2) is 11.6 Å². The van der Waals surface area contributed by atoms with Crippen LogP contribution in [0.5, 0.6) is 11.5 Å². The molecule has 2 aromatic carbocycles. The van der Waals surface area contributed by atoms with Crippen LogP contribution >= 0.6 is 11.3 Å². The van der Waals surface area contributed by atoms with E-state index in [1.165, 1.54) is 17.4 Å². The molecule has 0 fully saturated rings. The number of para-hydroxylation sites is 1. The summed E-state index contributed by atoms with van der Waals surface area (Å²) in [5.41, 5.74) is 2.35. The highest BCUT2D eigenvalue weighted by Crippen LogP contribution is 2.39. The maximum Gasteiger partial charge on any atom is 0.251 e. The Morgan fingerprint density at radius 2 is 1.85 bits per heavy atom. The highest BCUT2D eigenvalue weighted by atomic mass is 32.1. The van der Waals surface area contributed by atoms with Crippen LogP contribution in [-0.4, -0.2) is 17.9 Å².